The zero-order valence-corrected chi connectivity index (χ0v) is 15.7. The Morgan fingerprint density at radius 2 is 1.88 bits per heavy atom. The van der Waals surface area contributed by atoms with Gasteiger partial charge in [0.2, 0.25) is 0 Å². The van der Waals surface area contributed by atoms with Crippen molar-refractivity contribution < 1.29 is 27.9 Å². The van der Waals surface area contributed by atoms with Crippen LogP contribution in [0.1, 0.15) is 34.6 Å². The Hall–Kier alpha value is -2.59. The van der Waals surface area contributed by atoms with Crippen LogP contribution in [0, 0.1) is 0 Å². The van der Waals surface area contributed by atoms with Crippen LogP contribution in [-0.2, 0) is 14.8 Å². The lowest BCUT2D eigenvalue weighted by Gasteiger charge is -2.14. The molecule has 1 aromatic carbocycles. The van der Waals surface area contributed by atoms with Crippen LogP contribution in [0.25, 0.3) is 0 Å². The summed E-state index contributed by atoms with van der Waals surface area (Å²) >= 11 is 0.799. The Kier molecular flexibility index (Phi) is 6.22. The topological polar surface area (TPSA) is 122 Å². The standard InChI is InChI=1S/C16H18N2O6S2/c1-3-17-12-6-5-10(16(21)24-4-2)7-13(12)18-26(22,23)14-8-11(9-25-14)15(19)20/h5-9,17-18H,3-4H2,1-2H3,(H,19,20). The molecule has 0 saturated carbocycles. The zero-order chi connectivity index (χ0) is 19.3. The number of hydrogen-bond donors (Lipinski definition) is 3. The number of esters is 1. The normalized spacial score (nSPS) is 11.0. The van der Waals surface area contributed by atoms with Crippen LogP contribution in [0.3, 0.4) is 0 Å². The molecule has 0 radical (unpaired) electrons. The third kappa shape index (κ3) is 4.52. The van der Waals surface area contributed by atoms with E-state index in [9.17, 15) is 18.0 Å². The van der Waals surface area contributed by atoms with Gasteiger partial charge in [-0.3, -0.25) is 4.72 Å². The Morgan fingerprint density at radius 3 is 2.46 bits per heavy atom. The van der Waals surface area contributed by atoms with Crippen LogP contribution in [0.4, 0.5) is 11.4 Å². The number of hydrogen-bond acceptors (Lipinski definition) is 7. The number of rotatable bonds is 8. The summed E-state index contributed by atoms with van der Waals surface area (Å²) in [6.45, 7) is 4.25. The van der Waals surface area contributed by atoms with Crippen molar-refractivity contribution in [2.24, 2.45) is 0 Å². The number of carbonyl (C=O) groups excluding carboxylic acids is 1. The summed E-state index contributed by atoms with van der Waals surface area (Å²) in [7, 11) is -4.01. The number of ether oxygens (including phenoxy) is 1. The fourth-order valence-electron chi connectivity index (χ4n) is 2.08. The van der Waals surface area contributed by atoms with E-state index < -0.39 is 22.0 Å². The minimum atomic E-state index is -4.01. The average molecular weight is 398 g/mol. The lowest BCUT2D eigenvalue weighted by Crippen LogP contribution is -2.15. The van der Waals surface area contributed by atoms with E-state index in [4.69, 9.17) is 9.84 Å². The smallest absolute Gasteiger partial charge is 0.338 e. The summed E-state index contributed by atoms with van der Waals surface area (Å²) in [4.78, 5) is 22.8. The van der Waals surface area contributed by atoms with Gasteiger partial charge in [-0.2, -0.15) is 0 Å². The summed E-state index contributed by atoms with van der Waals surface area (Å²) < 4.78 is 32.3. The van der Waals surface area contributed by atoms with Crippen molar-refractivity contribution >= 4 is 44.7 Å². The van der Waals surface area contributed by atoms with Gasteiger partial charge in [0.05, 0.1) is 29.1 Å². The van der Waals surface area contributed by atoms with Gasteiger partial charge in [0.25, 0.3) is 10.0 Å². The maximum atomic E-state index is 12.6. The molecular weight excluding hydrogens is 380 g/mol. The lowest BCUT2D eigenvalue weighted by molar-refractivity contribution is 0.0526. The van der Waals surface area contributed by atoms with Gasteiger partial charge in [-0.05, 0) is 38.1 Å². The van der Waals surface area contributed by atoms with Crippen LogP contribution in [-0.4, -0.2) is 38.6 Å². The van der Waals surface area contributed by atoms with Gasteiger partial charge in [-0.25, -0.2) is 18.0 Å². The first-order valence-electron chi connectivity index (χ1n) is 7.68. The molecule has 0 atom stereocenters. The average Bonchev–Trinajstić information content (AvgIpc) is 3.08. The van der Waals surface area contributed by atoms with Crippen molar-refractivity contribution in [3.8, 4) is 0 Å². The van der Waals surface area contributed by atoms with E-state index in [1.54, 1.807) is 13.0 Å². The van der Waals surface area contributed by atoms with E-state index >= 15 is 0 Å². The number of aromatic carboxylic acids is 1. The number of sulfonamides is 1. The second-order valence-electron chi connectivity index (χ2n) is 5.08. The van der Waals surface area contributed by atoms with E-state index in [-0.39, 0.29) is 27.6 Å². The number of carbonyl (C=O) groups is 2. The SMILES string of the molecule is CCNc1ccc(C(=O)OCC)cc1NS(=O)(=O)c1cc(C(=O)O)cs1. The first-order chi connectivity index (χ1) is 12.3. The van der Waals surface area contributed by atoms with Gasteiger partial charge in [-0.1, -0.05) is 0 Å². The highest BCUT2D eigenvalue weighted by Gasteiger charge is 2.21. The van der Waals surface area contributed by atoms with Crippen molar-refractivity contribution in [2.45, 2.75) is 18.1 Å². The van der Waals surface area contributed by atoms with E-state index in [1.807, 2.05) is 6.92 Å². The highest BCUT2D eigenvalue weighted by atomic mass is 32.2. The Morgan fingerprint density at radius 1 is 1.15 bits per heavy atom. The molecule has 2 rings (SSSR count). The van der Waals surface area contributed by atoms with Gasteiger partial charge < -0.3 is 15.2 Å². The summed E-state index contributed by atoms with van der Waals surface area (Å²) in [5, 5.41) is 13.2. The molecule has 0 bridgehead atoms. The van der Waals surface area contributed by atoms with Crippen LogP contribution >= 0.6 is 11.3 Å². The fraction of sp³-hybridized carbons (Fsp3) is 0.250. The lowest BCUT2D eigenvalue weighted by atomic mass is 10.1. The monoisotopic (exact) mass is 398 g/mol. The zero-order valence-electron chi connectivity index (χ0n) is 14.1. The minimum absolute atomic E-state index is 0.109. The first-order valence-corrected chi connectivity index (χ1v) is 10.0. The van der Waals surface area contributed by atoms with E-state index in [2.05, 4.69) is 10.0 Å². The van der Waals surface area contributed by atoms with Crippen molar-refractivity contribution in [2.75, 3.05) is 23.2 Å². The third-order valence-corrected chi connectivity index (χ3v) is 6.03. The fourth-order valence-corrected chi connectivity index (χ4v) is 4.30. The summed E-state index contributed by atoms with van der Waals surface area (Å²) in [6, 6.07) is 5.56. The molecule has 0 aliphatic rings. The molecule has 0 fully saturated rings. The predicted molar refractivity (Wildman–Crippen MR) is 98.6 cm³/mol. The molecular formula is C16H18N2O6S2. The summed E-state index contributed by atoms with van der Waals surface area (Å²) in [5.41, 5.74) is 0.743. The van der Waals surface area contributed by atoms with Crippen LogP contribution in [0.2, 0.25) is 0 Å². The van der Waals surface area contributed by atoms with E-state index in [0.717, 1.165) is 17.4 Å². The first kappa shape index (κ1) is 19.7. The molecule has 0 amide bonds. The molecule has 0 spiro atoms. The van der Waals surface area contributed by atoms with Gasteiger partial charge in [-0.15, -0.1) is 11.3 Å². The van der Waals surface area contributed by atoms with Gasteiger partial charge in [0, 0.05) is 11.9 Å². The maximum absolute atomic E-state index is 12.6. The predicted octanol–water partition coefficient (Wildman–Crippen LogP) is 2.86. The maximum Gasteiger partial charge on any atom is 0.338 e. The quantitative estimate of drug-likeness (QED) is 0.585. The molecule has 0 saturated heterocycles. The van der Waals surface area contributed by atoms with E-state index in [0.29, 0.717) is 12.2 Å². The molecule has 0 unspecified atom stereocenters. The third-order valence-electron chi connectivity index (χ3n) is 3.23. The molecule has 3 N–H and O–H groups in total. The molecule has 1 heterocycles. The summed E-state index contributed by atoms with van der Waals surface area (Å²) in [5.74, 6) is -1.78. The van der Waals surface area contributed by atoms with Gasteiger partial charge >= 0.3 is 11.9 Å². The molecule has 1 aromatic heterocycles. The van der Waals surface area contributed by atoms with Gasteiger partial charge in [0.1, 0.15) is 4.21 Å². The molecule has 0 aliphatic heterocycles. The molecule has 0 aliphatic carbocycles. The molecule has 2 aromatic rings. The number of benzene rings is 1. The highest BCUT2D eigenvalue weighted by molar-refractivity contribution is 7.94. The molecule has 8 nitrogen and oxygen atoms in total. The largest absolute Gasteiger partial charge is 0.478 e. The van der Waals surface area contributed by atoms with Crippen molar-refractivity contribution in [1.82, 2.24) is 0 Å². The van der Waals surface area contributed by atoms with Crippen LogP contribution < -0.4 is 10.0 Å². The van der Waals surface area contributed by atoms with Crippen LogP contribution in [0.15, 0.2) is 33.9 Å². The molecule has 140 valence electrons. The van der Waals surface area contributed by atoms with Crippen LogP contribution in [0.5, 0.6) is 0 Å². The molecule has 10 heteroatoms. The van der Waals surface area contributed by atoms with Crippen molar-refractivity contribution in [1.29, 1.82) is 0 Å². The van der Waals surface area contributed by atoms with E-state index in [1.165, 1.54) is 17.5 Å². The molecule has 26 heavy (non-hydrogen) atoms. The Bertz CT molecular complexity index is 921. The number of carboxylic acids is 1. The highest BCUT2D eigenvalue weighted by Crippen LogP contribution is 2.28. The van der Waals surface area contributed by atoms with Crippen molar-refractivity contribution in [3.63, 3.8) is 0 Å². The number of nitrogens with one attached hydrogen (secondary N) is 2. The summed E-state index contributed by atoms with van der Waals surface area (Å²) in [6.07, 6.45) is 0. The van der Waals surface area contributed by atoms with Crippen molar-refractivity contribution in [3.05, 3.63) is 40.8 Å². The second kappa shape index (κ2) is 8.19. The second-order valence-corrected chi connectivity index (χ2v) is 7.90. The van der Waals surface area contributed by atoms with Gasteiger partial charge in [0.15, 0.2) is 0 Å². The minimum Gasteiger partial charge on any atom is -0.478 e. The number of thiophene rings is 1. The Labute approximate surface area is 154 Å². The number of carboxylic acid groups (broad SMARTS) is 1. The Balaban J connectivity index is 2.39. The number of anilines is 2.